The predicted octanol–water partition coefficient (Wildman–Crippen LogP) is 1.25. The Hall–Kier alpha value is -2.43. The van der Waals surface area contributed by atoms with Gasteiger partial charge in [0.25, 0.3) is 5.56 Å². The highest BCUT2D eigenvalue weighted by atomic mass is 19.4. The molecule has 3 heterocycles. The quantitative estimate of drug-likeness (QED) is 0.404. The molecule has 5 N–H and O–H groups in total. The minimum atomic E-state index is -4.56. The molecule has 3 aromatic rings. The Balaban J connectivity index is 2.03. The number of aromatic nitrogens is 3. The highest BCUT2D eigenvalue weighted by Crippen LogP contribution is 2.35. The van der Waals surface area contributed by atoms with Gasteiger partial charge >= 0.3 is 6.18 Å². The first-order valence-corrected chi connectivity index (χ1v) is 8.23. The third-order valence-electron chi connectivity index (χ3n) is 4.79. The van der Waals surface area contributed by atoms with Crippen molar-refractivity contribution in [3.05, 3.63) is 39.8 Å². The van der Waals surface area contributed by atoms with Gasteiger partial charge < -0.3 is 10.3 Å². The number of piperidine rings is 1. The second-order valence-corrected chi connectivity index (χ2v) is 6.43. The van der Waals surface area contributed by atoms with Crippen molar-refractivity contribution in [1.29, 1.82) is 0 Å². The van der Waals surface area contributed by atoms with Crippen molar-refractivity contribution in [3.63, 3.8) is 0 Å². The normalized spacial score (nSPS) is 16.6. The molecular weight excluding hydrogens is 351 g/mol. The number of halogens is 3. The monoisotopic (exact) mass is 368 g/mol. The Kier molecular flexibility index (Phi) is 3.98. The number of H-pyrrole nitrogens is 1. The zero-order valence-corrected chi connectivity index (χ0v) is 13.6. The summed E-state index contributed by atoms with van der Waals surface area (Å²) in [5.41, 5.74) is 0.333. The Bertz CT molecular complexity index is 1030. The predicted molar refractivity (Wildman–Crippen MR) is 86.5 cm³/mol. The minimum Gasteiger partial charge on any atom is -0.317 e. The number of alkyl halides is 3. The first kappa shape index (κ1) is 17.0. The fourth-order valence-corrected chi connectivity index (χ4v) is 3.57. The fourth-order valence-electron chi connectivity index (χ4n) is 3.57. The van der Waals surface area contributed by atoms with E-state index < -0.39 is 11.7 Å². The number of quaternary nitrogens is 1. The fraction of sp³-hybridized carbons (Fsp3) is 0.375. The van der Waals surface area contributed by atoms with Crippen molar-refractivity contribution < 1.29 is 23.9 Å². The molecule has 1 aromatic carbocycles. The largest absolute Gasteiger partial charge is 0.416 e. The van der Waals surface area contributed by atoms with Gasteiger partial charge in [0.1, 0.15) is 16.6 Å². The zero-order chi connectivity index (χ0) is 18.5. The molecule has 0 bridgehead atoms. The molecular formula is C16H17F3N5O2+. The molecule has 1 saturated heterocycles. The van der Waals surface area contributed by atoms with Gasteiger partial charge in [0.15, 0.2) is 5.69 Å². The summed E-state index contributed by atoms with van der Waals surface area (Å²) in [6, 6.07) is 3.22. The molecule has 1 aliphatic heterocycles. The highest BCUT2D eigenvalue weighted by molar-refractivity contribution is 5.99. The minimum absolute atomic E-state index is 0.0389. The van der Waals surface area contributed by atoms with E-state index in [1.807, 2.05) is 0 Å². The van der Waals surface area contributed by atoms with Gasteiger partial charge in [-0.05, 0) is 32.0 Å². The number of rotatable bonds is 2. The molecule has 0 spiro atoms. The summed E-state index contributed by atoms with van der Waals surface area (Å²) in [6.07, 6.45) is -2.95. The lowest BCUT2D eigenvalue weighted by atomic mass is 9.94. The van der Waals surface area contributed by atoms with Gasteiger partial charge in [0.2, 0.25) is 0 Å². The lowest BCUT2D eigenvalue weighted by Crippen LogP contribution is -2.73. The van der Waals surface area contributed by atoms with Crippen LogP contribution in [-0.4, -0.2) is 32.9 Å². The lowest BCUT2D eigenvalue weighted by molar-refractivity contribution is -0.824. The van der Waals surface area contributed by atoms with Crippen molar-refractivity contribution in [1.82, 2.24) is 19.9 Å². The van der Waals surface area contributed by atoms with Crippen LogP contribution in [0.2, 0.25) is 0 Å². The average molecular weight is 368 g/mol. The second-order valence-electron chi connectivity index (χ2n) is 6.43. The van der Waals surface area contributed by atoms with Crippen LogP contribution < -0.4 is 16.4 Å². The zero-order valence-electron chi connectivity index (χ0n) is 13.6. The molecule has 4 rings (SSSR count). The number of nitrogens with one attached hydrogen (secondary N) is 2. The highest BCUT2D eigenvalue weighted by Gasteiger charge is 2.33. The third-order valence-corrected chi connectivity index (χ3v) is 4.79. The van der Waals surface area contributed by atoms with E-state index >= 15 is 0 Å². The molecule has 7 nitrogen and oxygen atoms in total. The second kappa shape index (κ2) is 6.08. The molecule has 138 valence electrons. The lowest BCUT2D eigenvalue weighted by Gasteiger charge is -2.23. The Labute approximate surface area is 144 Å². The van der Waals surface area contributed by atoms with Gasteiger partial charge in [0, 0.05) is 18.1 Å². The standard InChI is InChI=1S/C16H16F3N5O2/c17-16(18,19)9-5-10-14(11(6-9)23-26)15-21-13(25)7-12(24(15)22-10)8-1-3-20-4-2-8/h5-8,20,23,26H,1-4H2,(H,21,25)/p+1. The maximum atomic E-state index is 13.1. The number of hydrogen-bond acceptors (Lipinski definition) is 4. The van der Waals surface area contributed by atoms with Crippen molar-refractivity contribution in [2.75, 3.05) is 13.1 Å². The van der Waals surface area contributed by atoms with Crippen LogP contribution in [0.25, 0.3) is 16.6 Å². The van der Waals surface area contributed by atoms with Gasteiger partial charge in [-0.1, -0.05) is 0 Å². The molecule has 10 heteroatoms. The van der Waals surface area contributed by atoms with Crippen LogP contribution in [0, 0.1) is 0 Å². The van der Waals surface area contributed by atoms with Crippen LogP contribution in [0.15, 0.2) is 23.0 Å². The summed E-state index contributed by atoms with van der Waals surface area (Å²) in [5, 5.41) is 17.3. The van der Waals surface area contributed by atoms with Crippen LogP contribution in [0.5, 0.6) is 0 Å². The van der Waals surface area contributed by atoms with Gasteiger partial charge in [-0.15, -0.1) is 0 Å². The van der Waals surface area contributed by atoms with E-state index in [0.29, 0.717) is 11.2 Å². The molecule has 0 unspecified atom stereocenters. The van der Waals surface area contributed by atoms with Crippen LogP contribution >= 0.6 is 0 Å². The van der Waals surface area contributed by atoms with Gasteiger partial charge in [-0.2, -0.15) is 23.8 Å². The van der Waals surface area contributed by atoms with Crippen molar-refractivity contribution >= 4 is 22.2 Å². The molecule has 0 atom stereocenters. The van der Waals surface area contributed by atoms with Crippen molar-refractivity contribution in [3.8, 4) is 0 Å². The van der Waals surface area contributed by atoms with E-state index in [0.717, 1.165) is 38.1 Å². The van der Waals surface area contributed by atoms with Gasteiger partial charge in [-0.25, -0.2) is 9.72 Å². The van der Waals surface area contributed by atoms with Gasteiger partial charge in [0.05, 0.1) is 11.3 Å². The number of benzene rings is 1. The molecule has 0 amide bonds. The van der Waals surface area contributed by atoms with E-state index in [4.69, 9.17) is 0 Å². The summed E-state index contributed by atoms with van der Waals surface area (Å²) >= 11 is 0. The average Bonchev–Trinajstić information content (AvgIpc) is 2.98. The van der Waals surface area contributed by atoms with E-state index in [9.17, 15) is 23.2 Å². The number of aromatic amines is 1. The summed E-state index contributed by atoms with van der Waals surface area (Å²) in [7, 11) is 0. The first-order chi connectivity index (χ1) is 12.4. The van der Waals surface area contributed by atoms with E-state index in [2.05, 4.69) is 15.4 Å². The molecule has 0 radical (unpaired) electrons. The summed E-state index contributed by atoms with van der Waals surface area (Å²) in [4.78, 5) is 14.8. The summed E-state index contributed by atoms with van der Waals surface area (Å²) in [6.45, 7) is 1.60. The smallest absolute Gasteiger partial charge is 0.317 e. The Morgan fingerprint density at radius 2 is 1.96 bits per heavy atom. The molecule has 0 saturated carbocycles. The Morgan fingerprint density at radius 1 is 1.23 bits per heavy atom. The Morgan fingerprint density at radius 3 is 2.62 bits per heavy atom. The van der Waals surface area contributed by atoms with E-state index in [1.165, 1.54) is 10.6 Å². The van der Waals surface area contributed by atoms with Gasteiger partial charge in [-0.3, -0.25) is 4.79 Å². The molecule has 1 fully saturated rings. The molecule has 0 aliphatic carbocycles. The van der Waals surface area contributed by atoms with Crippen LogP contribution in [-0.2, 0) is 6.18 Å². The van der Waals surface area contributed by atoms with E-state index in [1.54, 1.807) is 0 Å². The van der Waals surface area contributed by atoms with E-state index in [-0.39, 0.29) is 33.7 Å². The van der Waals surface area contributed by atoms with Crippen LogP contribution in [0.4, 0.5) is 18.9 Å². The maximum absolute atomic E-state index is 13.1. The number of nitrogens with zero attached hydrogens (tertiary/aromatic N) is 2. The molecule has 2 aromatic heterocycles. The number of nitrogens with two attached hydrogens (primary N) is 1. The number of fused-ring (bicyclic) bond motifs is 3. The van der Waals surface area contributed by atoms with Crippen LogP contribution in [0.1, 0.15) is 30.0 Å². The summed E-state index contributed by atoms with van der Waals surface area (Å²) in [5.74, 6) is 0.0824. The third kappa shape index (κ3) is 2.75. The van der Waals surface area contributed by atoms with Crippen molar-refractivity contribution in [2.24, 2.45) is 0 Å². The summed E-state index contributed by atoms with van der Waals surface area (Å²) < 4.78 is 40.9. The molecule has 1 aliphatic rings. The first-order valence-electron chi connectivity index (χ1n) is 8.23. The number of hydrogen-bond donors (Lipinski definition) is 4. The topological polar surface area (TPSA) is 99.0 Å². The maximum Gasteiger partial charge on any atom is 0.416 e. The van der Waals surface area contributed by atoms with Crippen molar-refractivity contribution in [2.45, 2.75) is 24.9 Å². The molecule has 26 heavy (non-hydrogen) atoms. The van der Waals surface area contributed by atoms with Crippen LogP contribution in [0.3, 0.4) is 0 Å². The SMILES string of the molecule is O=c1cc(C2CCNCC2)n2nc3cc(C(F)(F)F)cc([NH2+]O)c3c2[nH]1.